The summed E-state index contributed by atoms with van der Waals surface area (Å²) in [5.41, 5.74) is 7.03. The number of carboxylic acids is 1. The van der Waals surface area contributed by atoms with Gasteiger partial charge in [0.2, 0.25) is 17.8 Å². The van der Waals surface area contributed by atoms with Crippen LogP contribution in [0, 0.1) is 24.0 Å². The van der Waals surface area contributed by atoms with Crippen molar-refractivity contribution >= 4 is 47.1 Å². The number of aryl methyl sites for hydroxylation is 2. The van der Waals surface area contributed by atoms with Crippen LogP contribution < -0.4 is 16.1 Å². The van der Waals surface area contributed by atoms with Gasteiger partial charge in [-0.1, -0.05) is 18.2 Å². The van der Waals surface area contributed by atoms with Crippen LogP contribution in [0.2, 0.25) is 0 Å². The van der Waals surface area contributed by atoms with E-state index in [1.165, 1.54) is 30.5 Å². The van der Waals surface area contributed by atoms with Crippen LogP contribution in [0.5, 0.6) is 0 Å². The van der Waals surface area contributed by atoms with Gasteiger partial charge >= 0.3 is 5.97 Å². The highest BCUT2D eigenvalue weighted by atomic mass is 16.6. The molecule has 0 saturated carbocycles. The first kappa shape index (κ1) is 27.5. The molecule has 210 valence electrons. The Labute approximate surface area is 239 Å². The van der Waals surface area contributed by atoms with E-state index in [1.807, 2.05) is 32.0 Å². The second-order valence-electron chi connectivity index (χ2n) is 9.12. The van der Waals surface area contributed by atoms with Crippen molar-refractivity contribution in [3.63, 3.8) is 0 Å². The van der Waals surface area contributed by atoms with Gasteiger partial charge in [-0.25, -0.2) is 10.2 Å². The average molecular weight is 565 g/mol. The molecule has 0 fully saturated rings. The molecule has 0 unspecified atom stereocenters. The molecule has 2 heterocycles. The van der Waals surface area contributed by atoms with E-state index >= 15 is 0 Å². The Kier molecular flexibility index (Phi) is 7.82. The lowest BCUT2D eigenvalue weighted by Crippen LogP contribution is -2.07. The zero-order valence-electron chi connectivity index (χ0n) is 22.4. The molecule has 2 aromatic heterocycles. The van der Waals surface area contributed by atoms with Crippen LogP contribution in [0.1, 0.15) is 27.2 Å². The first-order chi connectivity index (χ1) is 20.2. The molecule has 0 spiro atoms. The van der Waals surface area contributed by atoms with E-state index < -0.39 is 10.9 Å². The van der Waals surface area contributed by atoms with Crippen molar-refractivity contribution in [2.24, 2.45) is 5.10 Å². The van der Waals surface area contributed by atoms with Gasteiger partial charge in [0.1, 0.15) is 11.5 Å². The molecular formula is C29H24N8O5. The van der Waals surface area contributed by atoms with Gasteiger partial charge in [0.25, 0.3) is 5.69 Å². The zero-order valence-corrected chi connectivity index (χ0v) is 22.4. The summed E-state index contributed by atoms with van der Waals surface area (Å²) in [6.45, 7) is 4.02. The summed E-state index contributed by atoms with van der Waals surface area (Å²) >= 11 is 0. The summed E-state index contributed by atoms with van der Waals surface area (Å²) in [5, 5.41) is 30.6. The molecule has 13 heteroatoms. The second-order valence-corrected chi connectivity index (χ2v) is 9.12. The molecule has 0 saturated heterocycles. The molecule has 0 aliphatic heterocycles. The summed E-state index contributed by atoms with van der Waals surface area (Å²) in [5.74, 6) is 0.369. The van der Waals surface area contributed by atoms with E-state index in [-0.39, 0.29) is 29.1 Å². The number of nitro groups is 1. The number of hydrogen-bond acceptors (Lipinski definition) is 11. The van der Waals surface area contributed by atoms with Crippen LogP contribution in [0.15, 0.2) is 88.4 Å². The Morgan fingerprint density at radius 2 is 1.57 bits per heavy atom. The fourth-order valence-corrected chi connectivity index (χ4v) is 3.82. The summed E-state index contributed by atoms with van der Waals surface area (Å²) in [6.07, 6.45) is 1.42. The monoisotopic (exact) mass is 564 g/mol. The highest BCUT2D eigenvalue weighted by molar-refractivity contribution is 5.89. The lowest BCUT2D eigenvalue weighted by molar-refractivity contribution is -0.384. The van der Waals surface area contributed by atoms with E-state index in [0.717, 1.165) is 16.8 Å². The van der Waals surface area contributed by atoms with Gasteiger partial charge in [-0.05, 0) is 73.5 Å². The number of benzene rings is 3. The number of nitrogens with one attached hydrogen (secondary N) is 3. The van der Waals surface area contributed by atoms with E-state index in [9.17, 15) is 20.0 Å². The SMILES string of the molecule is Cc1ccc(Nc2nc(N/N=C/c3ccc(-c4cccc(C(=O)O)c4)o3)nc(Nc3ccc([N+](=O)[O-])cc3)n2)cc1C. The van der Waals surface area contributed by atoms with Crippen LogP contribution in [0.4, 0.5) is 34.9 Å². The summed E-state index contributed by atoms with van der Waals surface area (Å²) in [7, 11) is 0. The Hall–Kier alpha value is -6.11. The van der Waals surface area contributed by atoms with Gasteiger partial charge in [-0.3, -0.25) is 10.1 Å². The number of aromatic nitrogens is 3. The standard InChI is InChI=1S/C29H24N8O5/c1-17-6-7-22(14-18(17)2)32-28-33-27(31-21-8-10-23(11-9-21)37(40)41)34-29(35-28)36-30-16-24-12-13-25(42-24)19-4-3-5-20(15-19)26(38)39/h3-16H,1-2H3,(H,38,39)(H3,31,32,33,34,35,36)/b30-16+. The van der Waals surface area contributed by atoms with E-state index in [2.05, 4.69) is 36.1 Å². The largest absolute Gasteiger partial charge is 0.478 e. The van der Waals surface area contributed by atoms with Crippen molar-refractivity contribution < 1.29 is 19.2 Å². The summed E-state index contributed by atoms with van der Waals surface area (Å²) < 4.78 is 5.79. The third-order valence-electron chi connectivity index (χ3n) is 6.11. The molecule has 13 nitrogen and oxygen atoms in total. The summed E-state index contributed by atoms with van der Waals surface area (Å²) in [6, 6.07) is 21.5. The molecule has 5 aromatic rings. The van der Waals surface area contributed by atoms with Crippen LogP contribution in [0.25, 0.3) is 11.3 Å². The number of anilines is 5. The van der Waals surface area contributed by atoms with Gasteiger partial charge in [0, 0.05) is 29.1 Å². The van der Waals surface area contributed by atoms with Crippen LogP contribution in [0.3, 0.4) is 0 Å². The number of non-ortho nitro benzene ring substituents is 1. The average Bonchev–Trinajstić information content (AvgIpc) is 3.44. The Morgan fingerprint density at radius 1 is 0.881 bits per heavy atom. The van der Waals surface area contributed by atoms with Gasteiger partial charge in [0.05, 0.1) is 16.7 Å². The molecular weight excluding hydrogens is 540 g/mol. The van der Waals surface area contributed by atoms with E-state index in [0.29, 0.717) is 22.8 Å². The first-order valence-electron chi connectivity index (χ1n) is 12.6. The van der Waals surface area contributed by atoms with Gasteiger partial charge < -0.3 is 20.2 Å². The number of hydrazone groups is 1. The molecule has 42 heavy (non-hydrogen) atoms. The van der Waals surface area contributed by atoms with Crippen molar-refractivity contribution in [3.05, 3.63) is 111 Å². The lowest BCUT2D eigenvalue weighted by atomic mass is 10.1. The minimum Gasteiger partial charge on any atom is -0.478 e. The number of carboxylic acid groups (broad SMARTS) is 1. The Balaban J connectivity index is 1.36. The van der Waals surface area contributed by atoms with Gasteiger partial charge in [0.15, 0.2) is 0 Å². The molecule has 0 amide bonds. The normalized spacial score (nSPS) is 10.9. The van der Waals surface area contributed by atoms with Crippen LogP contribution in [-0.4, -0.2) is 37.2 Å². The zero-order chi connectivity index (χ0) is 29.6. The number of rotatable bonds is 10. The maximum Gasteiger partial charge on any atom is 0.335 e. The third-order valence-corrected chi connectivity index (χ3v) is 6.11. The van der Waals surface area contributed by atoms with Crippen molar-refractivity contribution in [3.8, 4) is 11.3 Å². The first-order valence-corrected chi connectivity index (χ1v) is 12.6. The minimum atomic E-state index is -1.03. The minimum absolute atomic E-state index is 0.0411. The number of nitrogens with zero attached hydrogens (tertiary/aromatic N) is 5. The third kappa shape index (κ3) is 6.71. The smallest absolute Gasteiger partial charge is 0.335 e. The molecule has 0 radical (unpaired) electrons. The van der Waals surface area contributed by atoms with Crippen LogP contribution in [-0.2, 0) is 0 Å². The maximum atomic E-state index is 11.3. The number of furan rings is 1. The van der Waals surface area contributed by atoms with E-state index in [4.69, 9.17) is 4.42 Å². The number of carbonyl (C=O) groups is 1. The topological polar surface area (TPSA) is 181 Å². The quantitative estimate of drug-likeness (QED) is 0.0850. The van der Waals surface area contributed by atoms with E-state index in [1.54, 1.807) is 36.4 Å². The van der Waals surface area contributed by atoms with Crippen molar-refractivity contribution in [2.75, 3.05) is 16.1 Å². The van der Waals surface area contributed by atoms with Gasteiger partial charge in [-0.2, -0.15) is 20.1 Å². The predicted octanol–water partition coefficient (Wildman–Crippen LogP) is 6.29. The number of hydrogen-bond donors (Lipinski definition) is 4. The lowest BCUT2D eigenvalue weighted by Gasteiger charge is -2.11. The second kappa shape index (κ2) is 12.0. The number of nitro benzene ring substituents is 1. The fourth-order valence-electron chi connectivity index (χ4n) is 3.82. The number of aromatic carboxylic acids is 1. The molecule has 5 rings (SSSR count). The Morgan fingerprint density at radius 3 is 2.26 bits per heavy atom. The molecule has 0 atom stereocenters. The van der Waals surface area contributed by atoms with Crippen LogP contribution >= 0.6 is 0 Å². The Bertz CT molecular complexity index is 1800. The maximum absolute atomic E-state index is 11.3. The molecule has 4 N–H and O–H groups in total. The van der Waals surface area contributed by atoms with Crippen molar-refractivity contribution in [1.82, 2.24) is 15.0 Å². The van der Waals surface area contributed by atoms with Gasteiger partial charge in [-0.15, -0.1) is 0 Å². The highest BCUT2D eigenvalue weighted by Crippen LogP contribution is 2.24. The molecule has 0 bridgehead atoms. The highest BCUT2D eigenvalue weighted by Gasteiger charge is 2.11. The molecule has 0 aliphatic carbocycles. The van der Waals surface area contributed by atoms with Crippen molar-refractivity contribution in [1.29, 1.82) is 0 Å². The van der Waals surface area contributed by atoms with Crippen molar-refractivity contribution in [2.45, 2.75) is 13.8 Å². The summed E-state index contributed by atoms with van der Waals surface area (Å²) in [4.78, 5) is 35.0. The molecule has 3 aromatic carbocycles. The predicted molar refractivity (Wildman–Crippen MR) is 158 cm³/mol. The molecule has 0 aliphatic rings. The fraction of sp³-hybridized carbons (Fsp3) is 0.0690.